The van der Waals surface area contributed by atoms with E-state index < -0.39 is 0 Å². The third kappa shape index (κ3) is 5.19. The Balaban J connectivity index is 2.24. The summed E-state index contributed by atoms with van der Waals surface area (Å²) in [6, 6.07) is 7.24. The molecule has 1 aromatic carbocycles. The number of benzene rings is 1. The molecule has 1 atom stereocenters. The Morgan fingerprint density at radius 1 is 1.44 bits per heavy atom. The second kappa shape index (κ2) is 7.71. The van der Waals surface area contributed by atoms with Gasteiger partial charge in [-0.15, -0.1) is 0 Å². The van der Waals surface area contributed by atoms with Gasteiger partial charge < -0.3 is 15.8 Å². The lowest BCUT2D eigenvalue weighted by Crippen LogP contribution is -2.14. The maximum Gasteiger partial charge on any atom is 0.224 e. The molecule has 3 N–H and O–H groups in total. The van der Waals surface area contributed by atoms with Crippen LogP contribution in [0.4, 0.5) is 11.4 Å². The first-order valence-corrected chi connectivity index (χ1v) is 6.39. The molecule has 1 amide bonds. The molecule has 100 valence electrons. The van der Waals surface area contributed by atoms with Crippen molar-refractivity contribution in [2.24, 2.45) is 0 Å². The molecule has 4 heteroatoms. The van der Waals surface area contributed by atoms with Crippen LogP contribution in [0.2, 0.25) is 0 Å². The normalized spacial score (nSPS) is 12.1. The number of carbonyl (C=O) groups is 1. The fourth-order valence-corrected chi connectivity index (χ4v) is 1.46. The van der Waals surface area contributed by atoms with Crippen molar-refractivity contribution < 1.29 is 9.53 Å². The predicted octanol–water partition coefficient (Wildman–Crippen LogP) is 2.80. The Kier molecular flexibility index (Phi) is 6.22. The number of para-hydroxylation sites is 2. The van der Waals surface area contributed by atoms with Crippen molar-refractivity contribution in [3.05, 3.63) is 24.3 Å². The summed E-state index contributed by atoms with van der Waals surface area (Å²) in [5, 5.41) is 2.79. The molecular formula is C14H22N2O2. The second-order valence-electron chi connectivity index (χ2n) is 4.33. The minimum absolute atomic E-state index is 0.0272. The third-order valence-corrected chi connectivity index (χ3v) is 2.76. The highest BCUT2D eigenvalue weighted by atomic mass is 16.5. The number of hydrogen-bond donors (Lipinski definition) is 2. The molecule has 4 nitrogen and oxygen atoms in total. The number of nitrogens with one attached hydrogen (secondary N) is 1. The number of nitrogens with two attached hydrogens (primary N) is 1. The molecule has 1 rings (SSSR count). The molecule has 0 heterocycles. The van der Waals surface area contributed by atoms with E-state index in [1.54, 1.807) is 12.1 Å². The Bertz CT molecular complexity index is 380. The fourth-order valence-electron chi connectivity index (χ4n) is 1.46. The number of nitrogen functional groups attached to an aromatic ring is 1. The van der Waals surface area contributed by atoms with Gasteiger partial charge >= 0.3 is 0 Å². The van der Waals surface area contributed by atoms with Crippen LogP contribution in [0.5, 0.6) is 0 Å². The molecule has 18 heavy (non-hydrogen) atoms. The number of carbonyl (C=O) groups excluding carboxylic acids is 1. The number of amides is 1. The van der Waals surface area contributed by atoms with Gasteiger partial charge in [-0.25, -0.2) is 0 Å². The minimum Gasteiger partial charge on any atom is -0.397 e. The van der Waals surface area contributed by atoms with Crippen molar-refractivity contribution >= 4 is 17.3 Å². The van der Waals surface area contributed by atoms with E-state index in [0.29, 0.717) is 24.4 Å². The van der Waals surface area contributed by atoms with Crippen molar-refractivity contribution in [2.45, 2.75) is 39.2 Å². The largest absolute Gasteiger partial charge is 0.397 e. The van der Waals surface area contributed by atoms with Crippen molar-refractivity contribution in [2.75, 3.05) is 17.7 Å². The fraction of sp³-hybridized carbons (Fsp3) is 0.500. The van der Waals surface area contributed by atoms with Gasteiger partial charge in [0.05, 0.1) is 17.5 Å². The van der Waals surface area contributed by atoms with Gasteiger partial charge in [0.2, 0.25) is 5.91 Å². The molecular weight excluding hydrogens is 228 g/mol. The summed E-state index contributed by atoms with van der Waals surface area (Å²) in [4.78, 5) is 11.7. The van der Waals surface area contributed by atoms with Gasteiger partial charge in [0.1, 0.15) is 0 Å². The molecule has 1 aromatic rings. The number of hydrogen-bond acceptors (Lipinski definition) is 3. The van der Waals surface area contributed by atoms with Gasteiger partial charge in [-0.05, 0) is 31.9 Å². The first-order chi connectivity index (χ1) is 8.63. The van der Waals surface area contributed by atoms with E-state index in [1.165, 1.54) is 0 Å². The van der Waals surface area contributed by atoms with E-state index in [1.807, 2.05) is 19.1 Å². The van der Waals surface area contributed by atoms with Crippen LogP contribution >= 0.6 is 0 Å². The second-order valence-corrected chi connectivity index (χ2v) is 4.33. The highest BCUT2D eigenvalue weighted by molar-refractivity contribution is 5.93. The average Bonchev–Trinajstić information content (AvgIpc) is 2.37. The first kappa shape index (κ1) is 14.5. The number of anilines is 2. The van der Waals surface area contributed by atoms with Crippen LogP contribution in [-0.4, -0.2) is 18.6 Å². The Labute approximate surface area is 109 Å². The lowest BCUT2D eigenvalue weighted by atomic mass is 10.2. The smallest absolute Gasteiger partial charge is 0.224 e. The summed E-state index contributed by atoms with van der Waals surface area (Å²) in [7, 11) is 0. The standard InChI is InChI=1S/C14H22N2O2/c1-3-11(2)18-10-6-9-14(17)16-13-8-5-4-7-12(13)15/h4-5,7-8,11H,3,6,9-10,15H2,1-2H3,(H,16,17). The van der Waals surface area contributed by atoms with E-state index in [-0.39, 0.29) is 12.0 Å². The van der Waals surface area contributed by atoms with Gasteiger partial charge in [-0.2, -0.15) is 0 Å². The summed E-state index contributed by atoms with van der Waals surface area (Å²) in [5.41, 5.74) is 7.00. The first-order valence-electron chi connectivity index (χ1n) is 6.39. The summed E-state index contributed by atoms with van der Waals surface area (Å²) in [5.74, 6) is -0.0272. The van der Waals surface area contributed by atoms with Crippen molar-refractivity contribution in [1.29, 1.82) is 0 Å². The SMILES string of the molecule is CCC(C)OCCCC(=O)Nc1ccccc1N. The zero-order valence-electron chi connectivity index (χ0n) is 11.1. The molecule has 0 saturated heterocycles. The third-order valence-electron chi connectivity index (χ3n) is 2.76. The van der Waals surface area contributed by atoms with Crippen molar-refractivity contribution in [3.63, 3.8) is 0 Å². The molecule has 0 aliphatic heterocycles. The van der Waals surface area contributed by atoms with Crippen LogP contribution in [0.3, 0.4) is 0 Å². The summed E-state index contributed by atoms with van der Waals surface area (Å²) in [6.45, 7) is 4.73. The van der Waals surface area contributed by atoms with Crippen molar-refractivity contribution in [1.82, 2.24) is 0 Å². The average molecular weight is 250 g/mol. The van der Waals surface area contributed by atoms with Gasteiger partial charge in [-0.1, -0.05) is 19.1 Å². The maximum absolute atomic E-state index is 11.7. The van der Waals surface area contributed by atoms with Gasteiger partial charge in [-0.3, -0.25) is 4.79 Å². The van der Waals surface area contributed by atoms with E-state index in [4.69, 9.17) is 10.5 Å². The van der Waals surface area contributed by atoms with Crippen LogP contribution in [0.1, 0.15) is 33.1 Å². The molecule has 0 saturated carbocycles. The molecule has 0 fully saturated rings. The number of ether oxygens (including phenoxy) is 1. The summed E-state index contributed by atoms with van der Waals surface area (Å²) < 4.78 is 5.51. The molecule has 0 bridgehead atoms. The van der Waals surface area contributed by atoms with Crippen LogP contribution in [0, 0.1) is 0 Å². The molecule has 0 spiro atoms. The van der Waals surface area contributed by atoms with E-state index in [9.17, 15) is 4.79 Å². The van der Waals surface area contributed by atoms with E-state index >= 15 is 0 Å². The van der Waals surface area contributed by atoms with Gasteiger partial charge in [0.15, 0.2) is 0 Å². The van der Waals surface area contributed by atoms with Gasteiger partial charge in [0, 0.05) is 13.0 Å². The highest BCUT2D eigenvalue weighted by Gasteiger charge is 2.05. The van der Waals surface area contributed by atoms with E-state index in [0.717, 1.165) is 12.8 Å². The van der Waals surface area contributed by atoms with Crippen molar-refractivity contribution in [3.8, 4) is 0 Å². The highest BCUT2D eigenvalue weighted by Crippen LogP contribution is 2.16. The minimum atomic E-state index is -0.0272. The molecule has 0 aliphatic rings. The van der Waals surface area contributed by atoms with Gasteiger partial charge in [0.25, 0.3) is 0 Å². The van der Waals surface area contributed by atoms with E-state index in [2.05, 4.69) is 12.2 Å². The summed E-state index contributed by atoms with van der Waals surface area (Å²) in [6.07, 6.45) is 2.43. The van der Waals surface area contributed by atoms with Crippen LogP contribution in [0.25, 0.3) is 0 Å². The Hall–Kier alpha value is -1.55. The lowest BCUT2D eigenvalue weighted by Gasteiger charge is -2.10. The lowest BCUT2D eigenvalue weighted by molar-refractivity contribution is -0.116. The van der Waals surface area contributed by atoms with Crippen LogP contribution < -0.4 is 11.1 Å². The topological polar surface area (TPSA) is 64.3 Å². The maximum atomic E-state index is 11.7. The predicted molar refractivity (Wildman–Crippen MR) is 74.4 cm³/mol. The summed E-state index contributed by atoms with van der Waals surface area (Å²) >= 11 is 0. The Morgan fingerprint density at radius 3 is 2.83 bits per heavy atom. The molecule has 1 unspecified atom stereocenters. The number of rotatable bonds is 7. The van der Waals surface area contributed by atoms with Crippen LogP contribution in [-0.2, 0) is 9.53 Å². The Morgan fingerprint density at radius 2 is 2.17 bits per heavy atom. The molecule has 0 radical (unpaired) electrons. The molecule has 0 aliphatic carbocycles. The zero-order chi connectivity index (χ0) is 13.4. The monoisotopic (exact) mass is 250 g/mol. The zero-order valence-corrected chi connectivity index (χ0v) is 11.1. The molecule has 0 aromatic heterocycles. The quantitative estimate of drug-likeness (QED) is 0.577. The van der Waals surface area contributed by atoms with Crippen LogP contribution in [0.15, 0.2) is 24.3 Å².